The summed E-state index contributed by atoms with van der Waals surface area (Å²) in [5.41, 5.74) is -0.895. The Morgan fingerprint density at radius 1 is 1.56 bits per heavy atom. The maximum atomic E-state index is 11.4. The number of rotatable bonds is 3. The molecule has 0 saturated carbocycles. The predicted octanol–water partition coefficient (Wildman–Crippen LogP) is 1.48. The van der Waals surface area contributed by atoms with Crippen molar-refractivity contribution in [3.63, 3.8) is 0 Å². The van der Waals surface area contributed by atoms with Crippen molar-refractivity contribution in [1.82, 2.24) is 0 Å². The molecule has 1 unspecified atom stereocenters. The van der Waals surface area contributed by atoms with E-state index < -0.39 is 11.4 Å². The molecule has 0 spiro atoms. The van der Waals surface area contributed by atoms with Crippen LogP contribution in [0.25, 0.3) is 0 Å². The van der Waals surface area contributed by atoms with Gasteiger partial charge in [-0.3, -0.25) is 4.79 Å². The summed E-state index contributed by atoms with van der Waals surface area (Å²) in [4.78, 5) is 11.4. The molecule has 1 rings (SSSR count). The third kappa shape index (κ3) is 3.22. The zero-order valence-electron chi connectivity index (χ0n) is 10.0. The number of carbonyl (C=O) groups is 1. The van der Waals surface area contributed by atoms with Crippen molar-refractivity contribution >= 4 is 5.97 Å². The van der Waals surface area contributed by atoms with Crippen molar-refractivity contribution in [3.05, 3.63) is 0 Å². The Balaban J connectivity index is 2.71. The van der Waals surface area contributed by atoms with Gasteiger partial charge >= 0.3 is 5.97 Å². The van der Waals surface area contributed by atoms with Gasteiger partial charge in [-0.15, -0.1) is 6.42 Å². The SMILES string of the molecule is C#CC1(CC(=O)OCC)CCOC(C)(C)O1. The molecular weight excluding hydrogens is 208 g/mol. The van der Waals surface area contributed by atoms with Crippen LogP contribution >= 0.6 is 0 Å². The van der Waals surface area contributed by atoms with Crippen LogP contribution in [0.4, 0.5) is 0 Å². The average Bonchev–Trinajstić information content (AvgIpc) is 2.16. The Morgan fingerprint density at radius 3 is 2.75 bits per heavy atom. The van der Waals surface area contributed by atoms with E-state index >= 15 is 0 Å². The lowest BCUT2D eigenvalue weighted by Crippen LogP contribution is -2.49. The van der Waals surface area contributed by atoms with Gasteiger partial charge in [-0.1, -0.05) is 5.92 Å². The first-order valence-electron chi connectivity index (χ1n) is 5.40. The van der Waals surface area contributed by atoms with Crippen LogP contribution in [-0.2, 0) is 19.0 Å². The van der Waals surface area contributed by atoms with Crippen molar-refractivity contribution < 1.29 is 19.0 Å². The second-order valence-electron chi connectivity index (χ2n) is 4.22. The number of ether oxygens (including phenoxy) is 3. The Kier molecular flexibility index (Phi) is 3.95. The second kappa shape index (κ2) is 4.86. The summed E-state index contributed by atoms with van der Waals surface area (Å²) >= 11 is 0. The van der Waals surface area contributed by atoms with E-state index in [0.29, 0.717) is 19.6 Å². The van der Waals surface area contributed by atoms with Gasteiger partial charge in [0.15, 0.2) is 5.79 Å². The van der Waals surface area contributed by atoms with Crippen molar-refractivity contribution in [3.8, 4) is 12.3 Å². The minimum Gasteiger partial charge on any atom is -0.466 e. The molecule has 90 valence electrons. The van der Waals surface area contributed by atoms with E-state index in [-0.39, 0.29) is 12.4 Å². The van der Waals surface area contributed by atoms with Crippen LogP contribution in [0, 0.1) is 12.3 Å². The number of hydrogen-bond donors (Lipinski definition) is 0. The molecular formula is C12H18O4. The summed E-state index contributed by atoms with van der Waals surface area (Å²) < 4.78 is 15.9. The van der Waals surface area contributed by atoms with E-state index in [1.54, 1.807) is 20.8 Å². The van der Waals surface area contributed by atoms with E-state index in [4.69, 9.17) is 20.6 Å². The third-order valence-electron chi connectivity index (χ3n) is 2.39. The lowest BCUT2D eigenvalue weighted by molar-refractivity contribution is -0.294. The first kappa shape index (κ1) is 13.0. The summed E-state index contributed by atoms with van der Waals surface area (Å²) in [6, 6.07) is 0. The first-order chi connectivity index (χ1) is 7.43. The van der Waals surface area contributed by atoms with Gasteiger partial charge in [0, 0.05) is 6.42 Å². The zero-order chi connectivity index (χ0) is 12.2. The number of hydrogen-bond acceptors (Lipinski definition) is 4. The van der Waals surface area contributed by atoms with Crippen LogP contribution in [0.2, 0.25) is 0 Å². The highest BCUT2D eigenvalue weighted by molar-refractivity contribution is 5.71. The van der Waals surface area contributed by atoms with Crippen LogP contribution in [-0.4, -0.2) is 30.6 Å². The number of terminal acetylenes is 1. The molecule has 0 aromatic carbocycles. The van der Waals surface area contributed by atoms with E-state index in [2.05, 4.69) is 5.92 Å². The van der Waals surface area contributed by atoms with Gasteiger partial charge in [-0.05, 0) is 20.8 Å². The van der Waals surface area contributed by atoms with E-state index in [9.17, 15) is 4.79 Å². The standard InChI is InChI=1S/C12H18O4/c1-5-12(9-10(13)14-6-2)7-8-15-11(3,4)16-12/h1H,6-9H2,2-4H3. The summed E-state index contributed by atoms with van der Waals surface area (Å²) in [6.45, 7) is 6.15. The molecule has 1 aliphatic rings. The van der Waals surface area contributed by atoms with Crippen LogP contribution in [0.1, 0.15) is 33.6 Å². The van der Waals surface area contributed by atoms with Crippen LogP contribution in [0.15, 0.2) is 0 Å². The molecule has 0 amide bonds. The number of carbonyl (C=O) groups excluding carboxylic acids is 1. The summed E-state index contributed by atoms with van der Waals surface area (Å²) in [5.74, 6) is 1.47. The maximum absolute atomic E-state index is 11.4. The zero-order valence-corrected chi connectivity index (χ0v) is 10.0. The minimum atomic E-state index is -0.895. The molecule has 0 aromatic rings. The third-order valence-corrected chi connectivity index (χ3v) is 2.39. The topological polar surface area (TPSA) is 44.8 Å². The second-order valence-corrected chi connectivity index (χ2v) is 4.22. The maximum Gasteiger partial charge on any atom is 0.309 e. The highest BCUT2D eigenvalue weighted by Crippen LogP contribution is 2.32. The van der Waals surface area contributed by atoms with Gasteiger partial charge in [-0.2, -0.15) is 0 Å². The first-order valence-corrected chi connectivity index (χ1v) is 5.40. The minimum absolute atomic E-state index is 0.0735. The molecule has 1 fully saturated rings. The Bertz CT molecular complexity index is 303. The fraction of sp³-hybridized carbons (Fsp3) is 0.750. The van der Waals surface area contributed by atoms with Crippen molar-refractivity contribution in [2.24, 2.45) is 0 Å². The van der Waals surface area contributed by atoms with Crippen LogP contribution in [0.3, 0.4) is 0 Å². The normalized spacial score (nSPS) is 28.1. The van der Waals surface area contributed by atoms with E-state index in [1.807, 2.05) is 0 Å². The highest BCUT2D eigenvalue weighted by atomic mass is 16.7. The molecule has 0 bridgehead atoms. The predicted molar refractivity (Wildman–Crippen MR) is 58.5 cm³/mol. The van der Waals surface area contributed by atoms with E-state index in [0.717, 1.165) is 0 Å². The molecule has 1 heterocycles. The largest absolute Gasteiger partial charge is 0.466 e. The molecule has 1 aliphatic heterocycles. The Morgan fingerprint density at radius 2 is 2.25 bits per heavy atom. The average molecular weight is 226 g/mol. The molecule has 0 aliphatic carbocycles. The van der Waals surface area contributed by atoms with Gasteiger partial charge in [0.05, 0.1) is 19.6 Å². The van der Waals surface area contributed by atoms with Crippen LogP contribution in [0.5, 0.6) is 0 Å². The molecule has 0 radical (unpaired) electrons. The summed E-state index contributed by atoms with van der Waals surface area (Å²) in [5, 5.41) is 0. The number of esters is 1. The fourth-order valence-corrected chi connectivity index (χ4v) is 1.73. The molecule has 16 heavy (non-hydrogen) atoms. The molecule has 1 saturated heterocycles. The summed E-state index contributed by atoms with van der Waals surface area (Å²) in [7, 11) is 0. The Labute approximate surface area is 96.2 Å². The van der Waals surface area contributed by atoms with Gasteiger partial charge in [-0.25, -0.2) is 0 Å². The Hall–Kier alpha value is -1.05. The van der Waals surface area contributed by atoms with E-state index in [1.165, 1.54) is 0 Å². The van der Waals surface area contributed by atoms with Crippen LogP contribution < -0.4 is 0 Å². The monoisotopic (exact) mass is 226 g/mol. The molecule has 0 N–H and O–H groups in total. The van der Waals surface area contributed by atoms with Gasteiger partial charge in [0.25, 0.3) is 0 Å². The lowest BCUT2D eigenvalue weighted by Gasteiger charge is -2.41. The lowest BCUT2D eigenvalue weighted by atomic mass is 9.95. The van der Waals surface area contributed by atoms with Crippen molar-refractivity contribution in [2.75, 3.05) is 13.2 Å². The molecule has 0 aromatic heterocycles. The summed E-state index contributed by atoms with van der Waals surface area (Å²) in [6.07, 6.45) is 6.04. The smallest absolute Gasteiger partial charge is 0.309 e. The highest BCUT2D eigenvalue weighted by Gasteiger charge is 2.42. The van der Waals surface area contributed by atoms with Crippen molar-refractivity contribution in [1.29, 1.82) is 0 Å². The molecule has 4 nitrogen and oxygen atoms in total. The fourth-order valence-electron chi connectivity index (χ4n) is 1.73. The van der Waals surface area contributed by atoms with Crippen molar-refractivity contribution in [2.45, 2.75) is 45.0 Å². The molecule has 1 atom stereocenters. The quantitative estimate of drug-likeness (QED) is 0.540. The van der Waals surface area contributed by atoms with Gasteiger partial charge < -0.3 is 14.2 Å². The van der Waals surface area contributed by atoms with Gasteiger partial charge in [0.2, 0.25) is 0 Å². The molecule has 4 heteroatoms. The van der Waals surface area contributed by atoms with Gasteiger partial charge in [0.1, 0.15) is 5.60 Å².